The molecule has 0 heterocycles. The average Bonchev–Trinajstić information content (AvgIpc) is 2.31. The fourth-order valence-corrected chi connectivity index (χ4v) is 14.2. The quantitative estimate of drug-likeness (QED) is 0.354. The minimum atomic E-state index is -1.49. The van der Waals surface area contributed by atoms with Gasteiger partial charge in [-0.3, -0.25) is 4.79 Å². The number of esters is 1. The fourth-order valence-electron chi connectivity index (χ4n) is 3.21. The zero-order chi connectivity index (χ0) is 18.5. The van der Waals surface area contributed by atoms with E-state index >= 15 is 0 Å². The van der Waals surface area contributed by atoms with E-state index in [1.165, 1.54) is 13.7 Å². The largest absolute Gasteiger partial charge is 0.468 e. The van der Waals surface area contributed by atoms with Crippen molar-refractivity contribution in [3.05, 3.63) is 0 Å². The number of unbranched alkanes of at least 4 members (excludes halogenated alkanes) is 1. The molecule has 0 aliphatic rings. The van der Waals surface area contributed by atoms with Gasteiger partial charge in [-0.2, -0.15) is 0 Å². The maximum Gasteiger partial charge on any atom is 0.322 e. The minimum Gasteiger partial charge on any atom is -0.468 e. The average molecular weight is 377 g/mol. The minimum absolute atomic E-state index is 0.111. The summed E-state index contributed by atoms with van der Waals surface area (Å²) in [6, 6.07) is -0.140. The molecule has 1 atom stereocenters. The number of carbonyl (C=O) groups excluding carboxylic acids is 1. The van der Waals surface area contributed by atoms with Gasteiger partial charge in [-0.05, 0) is 19.4 Å². The normalized spacial score (nSPS) is 14.9. The summed E-state index contributed by atoms with van der Waals surface area (Å²) in [5.41, 5.74) is 0. The molecule has 7 heteroatoms. The Balaban J connectivity index is 4.57. The maximum absolute atomic E-state index is 12.0. The molecule has 4 nitrogen and oxygen atoms in total. The first kappa shape index (κ1) is 23.0. The number of hydrogen-bond acceptors (Lipinski definition) is 4. The lowest BCUT2D eigenvalue weighted by Gasteiger charge is -2.43. The molecule has 1 unspecified atom stereocenters. The molecule has 138 valence electrons. The van der Waals surface area contributed by atoms with Crippen molar-refractivity contribution in [2.75, 3.05) is 13.7 Å². The number of hydrogen-bond donors (Lipinski definition) is 1. The van der Waals surface area contributed by atoms with Crippen LogP contribution in [-0.2, 0) is 9.53 Å². The van der Waals surface area contributed by atoms with Crippen molar-refractivity contribution in [1.82, 2.24) is 9.21 Å². The summed E-state index contributed by atoms with van der Waals surface area (Å²) in [6.07, 6.45) is 3.11. The number of carbonyl (C=O) groups is 1. The van der Waals surface area contributed by atoms with E-state index in [1.807, 2.05) is 0 Å². The van der Waals surface area contributed by atoms with E-state index in [4.69, 9.17) is 4.74 Å². The van der Waals surface area contributed by atoms with Crippen molar-refractivity contribution >= 4 is 30.7 Å². The van der Waals surface area contributed by atoms with Crippen molar-refractivity contribution < 1.29 is 9.53 Å². The molecule has 0 spiro atoms. The highest BCUT2D eigenvalue weighted by Gasteiger charge is 2.33. The molecule has 0 rings (SSSR count). The third-order valence-corrected chi connectivity index (χ3v) is 12.8. The Labute approximate surface area is 147 Å². The molecule has 1 N–H and O–H groups in total. The van der Waals surface area contributed by atoms with Crippen molar-refractivity contribution in [1.29, 1.82) is 0 Å². The third-order valence-electron chi connectivity index (χ3n) is 3.84. The lowest BCUT2D eigenvalue weighted by Crippen LogP contribution is -2.59. The molecule has 0 radical (unpaired) electrons. The van der Waals surface area contributed by atoms with Crippen molar-refractivity contribution in [2.24, 2.45) is 0 Å². The molecule has 23 heavy (non-hydrogen) atoms. The predicted molar refractivity (Wildman–Crippen MR) is 110 cm³/mol. The van der Waals surface area contributed by atoms with Crippen molar-refractivity contribution in [3.8, 4) is 0 Å². The van der Waals surface area contributed by atoms with E-state index in [1.54, 1.807) is 0 Å². The van der Waals surface area contributed by atoms with Gasteiger partial charge in [-0.1, -0.05) is 65.3 Å². The predicted octanol–water partition coefficient (Wildman–Crippen LogP) is 4.09. The molecule has 0 bridgehead atoms. The van der Waals surface area contributed by atoms with Crippen LogP contribution < -0.4 is 4.98 Å². The Bertz CT molecular complexity index is 357. The molecule has 0 aliphatic carbocycles. The van der Waals surface area contributed by atoms with E-state index in [0.29, 0.717) is 0 Å². The van der Waals surface area contributed by atoms with Gasteiger partial charge in [0.15, 0.2) is 0 Å². The number of rotatable bonds is 10. The van der Waals surface area contributed by atoms with Crippen LogP contribution in [-0.4, -0.2) is 54.6 Å². The third kappa shape index (κ3) is 9.81. The molecule has 0 aliphatic heterocycles. The molecule has 0 aromatic heterocycles. The summed E-state index contributed by atoms with van der Waals surface area (Å²) in [7, 11) is -2.55. The summed E-state index contributed by atoms with van der Waals surface area (Å²) in [6.45, 7) is 22.5. The summed E-state index contributed by atoms with van der Waals surface area (Å²) in [5, 5.41) is 0. The lowest BCUT2D eigenvalue weighted by molar-refractivity contribution is -0.142. The van der Waals surface area contributed by atoms with E-state index in [0.717, 1.165) is 19.3 Å². The summed E-state index contributed by atoms with van der Waals surface area (Å²) in [5.74, 6) is -0.111. The first-order valence-electron chi connectivity index (χ1n) is 8.82. The second-order valence-corrected chi connectivity index (χ2v) is 24.5. The zero-order valence-corrected chi connectivity index (χ0v) is 20.2. The van der Waals surface area contributed by atoms with Crippen LogP contribution in [0.15, 0.2) is 0 Å². The standard InChI is InChI=1S/C16H40N2O2Si3/c1-20-16(19)15(17-21(2,3)4)13-11-12-14-18(22(5,6)7)23(8,9)10/h15,17H,11-14H2,1-10H3. The highest BCUT2D eigenvalue weighted by Crippen LogP contribution is 2.20. The van der Waals surface area contributed by atoms with Gasteiger partial charge in [0.2, 0.25) is 0 Å². The Morgan fingerprint density at radius 2 is 1.43 bits per heavy atom. The van der Waals surface area contributed by atoms with E-state index in [2.05, 4.69) is 68.1 Å². The maximum atomic E-state index is 12.0. The van der Waals surface area contributed by atoms with Crippen LogP contribution in [0, 0.1) is 0 Å². The summed E-state index contributed by atoms with van der Waals surface area (Å²) >= 11 is 0. The SMILES string of the molecule is COC(=O)C(CCCCN([Si](C)(C)C)[Si](C)(C)C)N[Si](C)(C)C. The van der Waals surface area contributed by atoms with Gasteiger partial charge in [0.1, 0.15) is 24.7 Å². The van der Waals surface area contributed by atoms with Crippen LogP contribution >= 0.6 is 0 Å². The number of nitrogens with zero attached hydrogens (tertiary/aromatic N) is 1. The Kier molecular flexibility index (Phi) is 8.95. The second-order valence-electron chi connectivity index (χ2n) is 9.46. The monoisotopic (exact) mass is 376 g/mol. The van der Waals surface area contributed by atoms with Crippen LogP contribution in [0.25, 0.3) is 0 Å². The van der Waals surface area contributed by atoms with Gasteiger partial charge in [-0.15, -0.1) is 0 Å². The summed E-state index contributed by atoms with van der Waals surface area (Å²) in [4.78, 5) is 15.5. The molecule has 0 fully saturated rings. The molecule has 0 aromatic rings. The molecule has 0 saturated carbocycles. The molecule has 0 aromatic carbocycles. The van der Waals surface area contributed by atoms with E-state index < -0.39 is 24.7 Å². The first-order valence-corrected chi connectivity index (χ1v) is 19.2. The molecule has 0 amide bonds. The van der Waals surface area contributed by atoms with Gasteiger partial charge in [0.25, 0.3) is 0 Å². The highest BCUT2D eigenvalue weighted by molar-refractivity contribution is 6.89. The number of methoxy groups -OCH3 is 1. The van der Waals surface area contributed by atoms with Crippen molar-refractivity contribution in [2.45, 2.75) is 84.2 Å². The number of ether oxygens (including phenoxy) is 1. The Hall–Kier alpha value is 0.0406. The van der Waals surface area contributed by atoms with E-state index in [9.17, 15) is 4.79 Å². The van der Waals surface area contributed by atoms with Crippen LogP contribution in [0.2, 0.25) is 58.9 Å². The van der Waals surface area contributed by atoms with Gasteiger partial charge in [0, 0.05) is 0 Å². The van der Waals surface area contributed by atoms with Crippen LogP contribution in [0.4, 0.5) is 0 Å². The lowest BCUT2D eigenvalue weighted by atomic mass is 10.1. The smallest absolute Gasteiger partial charge is 0.322 e. The molecular formula is C16H40N2O2Si3. The van der Waals surface area contributed by atoms with Crippen LogP contribution in [0.1, 0.15) is 19.3 Å². The fraction of sp³-hybridized carbons (Fsp3) is 0.938. The Morgan fingerprint density at radius 1 is 0.957 bits per heavy atom. The molecular weight excluding hydrogens is 336 g/mol. The van der Waals surface area contributed by atoms with Crippen molar-refractivity contribution in [3.63, 3.8) is 0 Å². The van der Waals surface area contributed by atoms with Gasteiger partial charge in [0.05, 0.1) is 13.2 Å². The van der Waals surface area contributed by atoms with Gasteiger partial charge in [-0.25, -0.2) is 0 Å². The Morgan fingerprint density at radius 3 is 1.78 bits per heavy atom. The van der Waals surface area contributed by atoms with Crippen LogP contribution in [0.5, 0.6) is 0 Å². The summed E-state index contributed by atoms with van der Waals surface area (Å²) < 4.78 is 7.79. The number of nitrogens with one attached hydrogen (secondary N) is 1. The molecule has 0 saturated heterocycles. The van der Waals surface area contributed by atoms with Crippen LogP contribution in [0.3, 0.4) is 0 Å². The second kappa shape index (κ2) is 8.94. The highest BCUT2D eigenvalue weighted by atomic mass is 28.4. The first-order chi connectivity index (χ1) is 10.2. The topological polar surface area (TPSA) is 41.6 Å². The van der Waals surface area contributed by atoms with Gasteiger partial charge >= 0.3 is 5.97 Å². The van der Waals surface area contributed by atoms with Gasteiger partial charge < -0.3 is 14.0 Å². The van der Waals surface area contributed by atoms with E-state index in [-0.39, 0.29) is 12.0 Å². The zero-order valence-electron chi connectivity index (χ0n) is 17.2.